The van der Waals surface area contributed by atoms with E-state index in [1.807, 2.05) is 0 Å². The molecule has 0 aliphatic heterocycles. The molecule has 6 nitrogen and oxygen atoms in total. The molecule has 0 aliphatic rings. The molecule has 8 heteroatoms. The van der Waals surface area contributed by atoms with Crippen molar-refractivity contribution in [2.75, 3.05) is 0 Å². The van der Waals surface area contributed by atoms with Gasteiger partial charge in [0.1, 0.15) is 23.9 Å². The lowest BCUT2D eigenvalue weighted by molar-refractivity contribution is -0.137. The SMILES string of the molecule is O=C(O)Cn1c(/C=C/c2ccc(-c3cccc(F)c3F)o2)nc2ccccc2c1=O. The molecule has 4 aromatic rings. The number of aromatic nitrogens is 2. The molecule has 2 aromatic carbocycles. The summed E-state index contributed by atoms with van der Waals surface area (Å²) in [5, 5.41) is 9.46. The quantitative estimate of drug-likeness (QED) is 0.535. The van der Waals surface area contributed by atoms with Crippen molar-refractivity contribution in [2.45, 2.75) is 6.54 Å². The highest BCUT2D eigenvalue weighted by Gasteiger charge is 2.14. The minimum Gasteiger partial charge on any atom is -0.480 e. The van der Waals surface area contributed by atoms with Crippen LogP contribution in [-0.4, -0.2) is 20.6 Å². The Labute approximate surface area is 168 Å². The third-order valence-electron chi connectivity index (χ3n) is 4.43. The van der Waals surface area contributed by atoms with Gasteiger partial charge in [0.2, 0.25) is 0 Å². The van der Waals surface area contributed by atoms with Crippen molar-refractivity contribution < 1.29 is 23.1 Å². The van der Waals surface area contributed by atoms with Crippen LogP contribution in [-0.2, 0) is 11.3 Å². The Hall–Kier alpha value is -4.07. The number of rotatable bonds is 5. The predicted molar refractivity (Wildman–Crippen MR) is 107 cm³/mol. The first kappa shape index (κ1) is 19.3. The minimum atomic E-state index is -1.19. The largest absolute Gasteiger partial charge is 0.480 e. The van der Waals surface area contributed by atoms with Gasteiger partial charge < -0.3 is 9.52 Å². The first-order valence-corrected chi connectivity index (χ1v) is 8.88. The first-order valence-electron chi connectivity index (χ1n) is 8.88. The average Bonchev–Trinajstić information content (AvgIpc) is 3.19. The van der Waals surface area contributed by atoms with Gasteiger partial charge in [0.15, 0.2) is 11.6 Å². The Bertz CT molecular complexity index is 1360. The third kappa shape index (κ3) is 3.62. The minimum absolute atomic E-state index is 0.0266. The lowest BCUT2D eigenvalue weighted by Crippen LogP contribution is -2.27. The number of hydrogen-bond donors (Lipinski definition) is 1. The number of aliphatic carboxylic acids is 1. The summed E-state index contributed by atoms with van der Waals surface area (Å²) in [5.74, 6) is -2.66. The molecule has 4 rings (SSSR count). The second-order valence-corrected chi connectivity index (χ2v) is 6.41. The molecule has 0 saturated carbocycles. The Morgan fingerprint density at radius 3 is 2.67 bits per heavy atom. The summed E-state index contributed by atoms with van der Waals surface area (Å²) in [6.07, 6.45) is 2.90. The van der Waals surface area contributed by atoms with Gasteiger partial charge in [-0.15, -0.1) is 0 Å². The van der Waals surface area contributed by atoms with Crippen LogP contribution in [0.3, 0.4) is 0 Å². The molecule has 150 valence electrons. The number of halogens is 2. The van der Waals surface area contributed by atoms with E-state index >= 15 is 0 Å². The van der Waals surface area contributed by atoms with Crippen molar-refractivity contribution in [3.8, 4) is 11.3 Å². The van der Waals surface area contributed by atoms with Crippen LogP contribution >= 0.6 is 0 Å². The van der Waals surface area contributed by atoms with E-state index in [1.165, 1.54) is 36.4 Å². The maximum Gasteiger partial charge on any atom is 0.323 e. The molecule has 0 radical (unpaired) electrons. The molecular formula is C22H14F2N2O4. The monoisotopic (exact) mass is 408 g/mol. The second kappa shape index (κ2) is 7.75. The number of fused-ring (bicyclic) bond motifs is 1. The first-order chi connectivity index (χ1) is 14.4. The smallest absolute Gasteiger partial charge is 0.323 e. The maximum atomic E-state index is 14.0. The van der Waals surface area contributed by atoms with E-state index in [0.29, 0.717) is 10.9 Å². The molecule has 2 heterocycles. The van der Waals surface area contributed by atoms with E-state index < -0.39 is 29.7 Å². The molecule has 2 aromatic heterocycles. The second-order valence-electron chi connectivity index (χ2n) is 6.41. The zero-order chi connectivity index (χ0) is 21.3. The van der Waals surface area contributed by atoms with E-state index in [1.54, 1.807) is 24.3 Å². The third-order valence-corrected chi connectivity index (χ3v) is 4.43. The average molecular weight is 408 g/mol. The molecule has 0 spiro atoms. The molecule has 0 amide bonds. The molecule has 1 N–H and O–H groups in total. The number of para-hydroxylation sites is 1. The van der Waals surface area contributed by atoms with Gasteiger partial charge in [-0.05, 0) is 48.6 Å². The van der Waals surface area contributed by atoms with Gasteiger partial charge in [-0.25, -0.2) is 13.8 Å². The van der Waals surface area contributed by atoms with Crippen LogP contribution in [0.5, 0.6) is 0 Å². The Morgan fingerprint density at radius 2 is 1.87 bits per heavy atom. The van der Waals surface area contributed by atoms with Crippen molar-refractivity contribution in [1.29, 1.82) is 0 Å². The zero-order valence-corrected chi connectivity index (χ0v) is 15.4. The molecule has 0 atom stereocenters. The van der Waals surface area contributed by atoms with Crippen molar-refractivity contribution >= 4 is 29.0 Å². The zero-order valence-electron chi connectivity index (χ0n) is 15.4. The summed E-state index contributed by atoms with van der Waals surface area (Å²) in [6.45, 7) is -0.561. The normalized spacial score (nSPS) is 11.4. The summed E-state index contributed by atoms with van der Waals surface area (Å²) < 4.78 is 34.0. The Morgan fingerprint density at radius 1 is 1.07 bits per heavy atom. The number of carbonyl (C=O) groups is 1. The highest BCUT2D eigenvalue weighted by molar-refractivity contribution is 5.80. The summed E-state index contributed by atoms with van der Waals surface area (Å²) in [7, 11) is 0. The Kier molecular flexibility index (Phi) is 4.97. The number of carboxylic acids is 1. The number of benzene rings is 2. The van der Waals surface area contributed by atoms with Crippen LogP contribution in [0.2, 0.25) is 0 Å². The number of furan rings is 1. The van der Waals surface area contributed by atoms with Crippen molar-refractivity contribution in [1.82, 2.24) is 9.55 Å². The number of nitrogens with zero attached hydrogens (tertiary/aromatic N) is 2. The van der Waals surface area contributed by atoms with Crippen LogP contribution in [0.25, 0.3) is 34.4 Å². The van der Waals surface area contributed by atoms with E-state index in [9.17, 15) is 18.4 Å². The fourth-order valence-corrected chi connectivity index (χ4v) is 3.04. The molecule has 0 unspecified atom stereocenters. The van der Waals surface area contributed by atoms with Gasteiger partial charge in [0.05, 0.1) is 16.5 Å². The highest BCUT2D eigenvalue weighted by atomic mass is 19.2. The van der Waals surface area contributed by atoms with Gasteiger partial charge in [0.25, 0.3) is 5.56 Å². The predicted octanol–water partition coefficient (Wildman–Crippen LogP) is 4.19. The summed E-state index contributed by atoms with van der Waals surface area (Å²) in [6, 6.07) is 13.4. The lowest BCUT2D eigenvalue weighted by atomic mass is 10.1. The molecular weight excluding hydrogens is 394 g/mol. The maximum absolute atomic E-state index is 14.0. The topological polar surface area (TPSA) is 85.3 Å². The van der Waals surface area contributed by atoms with Crippen molar-refractivity contribution in [3.05, 3.63) is 88.2 Å². The number of hydrogen-bond acceptors (Lipinski definition) is 4. The van der Waals surface area contributed by atoms with Crippen LogP contribution in [0.1, 0.15) is 11.6 Å². The van der Waals surface area contributed by atoms with Crippen molar-refractivity contribution in [2.24, 2.45) is 0 Å². The molecule has 0 fully saturated rings. The van der Waals surface area contributed by atoms with Crippen molar-refractivity contribution in [3.63, 3.8) is 0 Å². The van der Waals surface area contributed by atoms with Gasteiger partial charge >= 0.3 is 5.97 Å². The van der Waals surface area contributed by atoms with E-state index in [0.717, 1.165) is 10.6 Å². The van der Waals surface area contributed by atoms with E-state index in [-0.39, 0.29) is 22.9 Å². The van der Waals surface area contributed by atoms with Gasteiger partial charge in [-0.1, -0.05) is 18.2 Å². The van der Waals surface area contributed by atoms with E-state index in [2.05, 4.69) is 4.98 Å². The fourth-order valence-electron chi connectivity index (χ4n) is 3.04. The fraction of sp³-hybridized carbons (Fsp3) is 0.0455. The number of carboxylic acid groups (broad SMARTS) is 1. The standard InChI is InChI=1S/C22H14F2N2O4/c23-16-6-3-5-15(21(16)24)18-10-8-13(30-18)9-11-19-25-17-7-2-1-4-14(17)22(29)26(19)12-20(27)28/h1-11H,12H2,(H,27,28)/b11-9+. The van der Waals surface area contributed by atoms with Gasteiger partial charge in [-0.3, -0.25) is 14.2 Å². The van der Waals surface area contributed by atoms with Crippen LogP contribution in [0.4, 0.5) is 8.78 Å². The highest BCUT2D eigenvalue weighted by Crippen LogP contribution is 2.27. The van der Waals surface area contributed by atoms with E-state index in [4.69, 9.17) is 9.52 Å². The molecule has 0 saturated heterocycles. The van der Waals surface area contributed by atoms with Crippen LogP contribution in [0.15, 0.2) is 63.8 Å². The Balaban J connectivity index is 1.74. The van der Waals surface area contributed by atoms with Crippen LogP contribution in [0, 0.1) is 11.6 Å². The van der Waals surface area contributed by atoms with Crippen LogP contribution < -0.4 is 5.56 Å². The van der Waals surface area contributed by atoms with Gasteiger partial charge in [0, 0.05) is 0 Å². The summed E-state index contributed by atoms with van der Waals surface area (Å²) in [4.78, 5) is 28.2. The molecule has 30 heavy (non-hydrogen) atoms. The van der Waals surface area contributed by atoms with Gasteiger partial charge in [-0.2, -0.15) is 0 Å². The summed E-state index contributed by atoms with van der Waals surface area (Å²) in [5.41, 5.74) is -0.0864. The molecule has 0 aliphatic carbocycles. The molecule has 0 bridgehead atoms. The summed E-state index contributed by atoms with van der Waals surface area (Å²) >= 11 is 0. The lowest BCUT2D eigenvalue weighted by Gasteiger charge is -2.08.